The van der Waals surface area contributed by atoms with Crippen LogP contribution in [-0.2, 0) is 16.0 Å². The molecule has 90 valence electrons. The number of hydrogen-bond donors (Lipinski definition) is 0. The van der Waals surface area contributed by atoms with Crippen molar-refractivity contribution in [3.8, 4) is 6.07 Å². The van der Waals surface area contributed by atoms with E-state index in [4.69, 9.17) is 5.26 Å². The fourth-order valence-electron chi connectivity index (χ4n) is 1.33. The number of rotatable bonds is 4. The average molecular weight is 239 g/mol. The minimum atomic E-state index is -1.07. The predicted molar refractivity (Wildman–Crippen MR) is 55.8 cm³/mol. The van der Waals surface area contributed by atoms with Crippen molar-refractivity contribution in [3.05, 3.63) is 35.4 Å². The normalized spacial score (nSPS) is 11.6. The standard InChI is InChI=1S/C12H11F2NO2/c1-2-17-12(16)9(7-15)5-8-3-4-10(13)6-11(8)14/h3-4,6,9H,2,5H2,1H3. The van der Waals surface area contributed by atoms with E-state index in [-0.39, 0.29) is 18.6 Å². The molecule has 17 heavy (non-hydrogen) atoms. The van der Waals surface area contributed by atoms with E-state index >= 15 is 0 Å². The molecule has 0 heterocycles. The van der Waals surface area contributed by atoms with Gasteiger partial charge >= 0.3 is 5.97 Å². The SMILES string of the molecule is CCOC(=O)C(C#N)Cc1ccc(F)cc1F. The minimum Gasteiger partial charge on any atom is -0.465 e. The molecule has 0 saturated carbocycles. The van der Waals surface area contributed by atoms with Gasteiger partial charge in [-0.15, -0.1) is 0 Å². The Labute approximate surface area is 97.6 Å². The molecule has 0 aliphatic carbocycles. The van der Waals surface area contributed by atoms with Gasteiger partial charge in [-0.1, -0.05) is 6.07 Å². The largest absolute Gasteiger partial charge is 0.465 e. The maximum Gasteiger partial charge on any atom is 0.323 e. The van der Waals surface area contributed by atoms with Crippen molar-refractivity contribution in [1.82, 2.24) is 0 Å². The fourth-order valence-corrected chi connectivity index (χ4v) is 1.33. The van der Waals surface area contributed by atoms with E-state index in [0.29, 0.717) is 0 Å². The van der Waals surface area contributed by atoms with Gasteiger partial charge in [-0.3, -0.25) is 4.79 Å². The maximum absolute atomic E-state index is 13.3. The van der Waals surface area contributed by atoms with Crippen LogP contribution in [0.3, 0.4) is 0 Å². The van der Waals surface area contributed by atoms with Gasteiger partial charge in [0, 0.05) is 12.5 Å². The second-order valence-corrected chi connectivity index (χ2v) is 3.37. The van der Waals surface area contributed by atoms with Crippen LogP contribution in [0.1, 0.15) is 12.5 Å². The Morgan fingerprint density at radius 3 is 2.76 bits per heavy atom. The van der Waals surface area contributed by atoms with Gasteiger partial charge in [0.25, 0.3) is 0 Å². The van der Waals surface area contributed by atoms with Gasteiger partial charge in [0.05, 0.1) is 12.7 Å². The molecule has 0 aliphatic rings. The summed E-state index contributed by atoms with van der Waals surface area (Å²) in [6.07, 6.45) is -0.124. The van der Waals surface area contributed by atoms with Crippen LogP contribution in [0.4, 0.5) is 8.78 Å². The number of carbonyl (C=O) groups is 1. The molecular formula is C12H11F2NO2. The molecule has 0 amide bonds. The van der Waals surface area contributed by atoms with E-state index in [1.807, 2.05) is 0 Å². The average Bonchev–Trinajstić information content (AvgIpc) is 2.28. The van der Waals surface area contributed by atoms with E-state index in [1.54, 1.807) is 13.0 Å². The summed E-state index contributed by atoms with van der Waals surface area (Å²) in [5, 5.41) is 8.78. The van der Waals surface area contributed by atoms with Crippen molar-refractivity contribution >= 4 is 5.97 Å². The molecule has 0 spiro atoms. The highest BCUT2D eigenvalue weighted by molar-refractivity contribution is 5.75. The molecule has 0 saturated heterocycles. The number of halogens is 2. The smallest absolute Gasteiger partial charge is 0.323 e. The molecular weight excluding hydrogens is 228 g/mol. The molecule has 1 atom stereocenters. The Bertz CT molecular complexity index is 454. The highest BCUT2D eigenvalue weighted by Gasteiger charge is 2.21. The van der Waals surface area contributed by atoms with Crippen molar-refractivity contribution < 1.29 is 18.3 Å². The number of esters is 1. The number of hydrogen-bond acceptors (Lipinski definition) is 3. The van der Waals surface area contributed by atoms with E-state index in [0.717, 1.165) is 12.1 Å². The molecule has 0 fully saturated rings. The van der Waals surface area contributed by atoms with Crippen LogP contribution in [-0.4, -0.2) is 12.6 Å². The number of benzene rings is 1. The Morgan fingerprint density at radius 1 is 1.53 bits per heavy atom. The van der Waals surface area contributed by atoms with E-state index < -0.39 is 23.5 Å². The Hall–Kier alpha value is -1.96. The molecule has 0 bridgehead atoms. The Kier molecular flexibility index (Phi) is 4.58. The Balaban J connectivity index is 2.81. The van der Waals surface area contributed by atoms with Crippen LogP contribution >= 0.6 is 0 Å². The summed E-state index contributed by atoms with van der Waals surface area (Å²) < 4.78 is 30.6. The molecule has 1 unspecified atom stereocenters. The molecule has 1 rings (SSSR count). The van der Waals surface area contributed by atoms with Crippen LogP contribution in [0, 0.1) is 28.9 Å². The zero-order valence-corrected chi connectivity index (χ0v) is 9.24. The molecule has 1 aromatic rings. The van der Waals surface area contributed by atoms with Crippen molar-refractivity contribution in [1.29, 1.82) is 5.26 Å². The first-order valence-electron chi connectivity index (χ1n) is 5.08. The molecule has 0 aliphatic heterocycles. The first kappa shape index (κ1) is 13.1. The van der Waals surface area contributed by atoms with Gasteiger partial charge in [0.1, 0.15) is 17.6 Å². The monoisotopic (exact) mass is 239 g/mol. The molecule has 1 aromatic carbocycles. The van der Waals surface area contributed by atoms with Gasteiger partial charge in [0.15, 0.2) is 0 Å². The van der Waals surface area contributed by atoms with Crippen LogP contribution in [0.2, 0.25) is 0 Å². The lowest BCUT2D eigenvalue weighted by Crippen LogP contribution is -2.19. The van der Waals surface area contributed by atoms with Gasteiger partial charge < -0.3 is 4.74 Å². The summed E-state index contributed by atoms with van der Waals surface area (Å²) in [6, 6.07) is 4.76. The number of nitriles is 1. The van der Waals surface area contributed by atoms with Gasteiger partial charge in [-0.25, -0.2) is 8.78 Å². The van der Waals surface area contributed by atoms with E-state index in [9.17, 15) is 13.6 Å². The zero-order valence-electron chi connectivity index (χ0n) is 9.24. The third kappa shape index (κ3) is 3.52. The highest BCUT2D eigenvalue weighted by atomic mass is 19.1. The van der Waals surface area contributed by atoms with Crippen molar-refractivity contribution in [3.63, 3.8) is 0 Å². The lowest BCUT2D eigenvalue weighted by atomic mass is 10.0. The first-order valence-corrected chi connectivity index (χ1v) is 5.08. The summed E-state index contributed by atoms with van der Waals surface area (Å²) >= 11 is 0. The van der Waals surface area contributed by atoms with Crippen molar-refractivity contribution in [2.75, 3.05) is 6.61 Å². The summed E-state index contributed by atoms with van der Waals surface area (Å²) in [5.41, 5.74) is 0.117. The number of ether oxygens (including phenoxy) is 1. The molecule has 0 N–H and O–H groups in total. The number of carbonyl (C=O) groups excluding carboxylic acids is 1. The Morgan fingerprint density at radius 2 is 2.24 bits per heavy atom. The van der Waals surface area contributed by atoms with Crippen molar-refractivity contribution in [2.24, 2.45) is 5.92 Å². The first-order chi connectivity index (χ1) is 8.08. The van der Waals surface area contributed by atoms with E-state index in [2.05, 4.69) is 4.74 Å². The zero-order chi connectivity index (χ0) is 12.8. The maximum atomic E-state index is 13.3. The fraction of sp³-hybridized carbons (Fsp3) is 0.333. The lowest BCUT2D eigenvalue weighted by molar-refractivity contribution is -0.145. The third-order valence-corrected chi connectivity index (χ3v) is 2.17. The number of nitrogens with zero attached hydrogens (tertiary/aromatic N) is 1. The van der Waals surface area contributed by atoms with Crippen LogP contribution in [0.5, 0.6) is 0 Å². The summed E-state index contributed by atoms with van der Waals surface area (Å²) in [6.45, 7) is 1.77. The molecule has 0 radical (unpaired) electrons. The molecule has 3 nitrogen and oxygen atoms in total. The van der Waals surface area contributed by atoms with Crippen molar-refractivity contribution in [2.45, 2.75) is 13.3 Å². The van der Waals surface area contributed by atoms with Gasteiger partial charge in [-0.2, -0.15) is 5.26 Å². The second-order valence-electron chi connectivity index (χ2n) is 3.37. The van der Waals surface area contributed by atoms with Crippen LogP contribution < -0.4 is 0 Å². The molecule has 0 aromatic heterocycles. The van der Waals surface area contributed by atoms with Gasteiger partial charge in [-0.05, 0) is 18.6 Å². The topological polar surface area (TPSA) is 50.1 Å². The van der Waals surface area contributed by atoms with Crippen LogP contribution in [0.25, 0.3) is 0 Å². The highest BCUT2D eigenvalue weighted by Crippen LogP contribution is 2.15. The third-order valence-electron chi connectivity index (χ3n) is 2.17. The minimum absolute atomic E-state index is 0.117. The predicted octanol–water partition coefficient (Wildman–Crippen LogP) is 2.21. The quantitative estimate of drug-likeness (QED) is 0.757. The second kappa shape index (κ2) is 5.94. The summed E-state index contributed by atoms with van der Waals surface area (Å²) in [4.78, 5) is 11.3. The van der Waals surface area contributed by atoms with Gasteiger partial charge in [0.2, 0.25) is 0 Å². The molecule has 5 heteroatoms. The van der Waals surface area contributed by atoms with E-state index in [1.165, 1.54) is 6.07 Å². The lowest BCUT2D eigenvalue weighted by Gasteiger charge is -2.08. The summed E-state index contributed by atoms with van der Waals surface area (Å²) in [5.74, 6) is -3.24. The summed E-state index contributed by atoms with van der Waals surface area (Å²) in [7, 11) is 0. The van der Waals surface area contributed by atoms with Crippen LogP contribution in [0.15, 0.2) is 18.2 Å².